The fourth-order valence-corrected chi connectivity index (χ4v) is 2.53. The van der Waals surface area contributed by atoms with Crippen molar-refractivity contribution in [1.29, 1.82) is 0 Å². The summed E-state index contributed by atoms with van der Waals surface area (Å²) in [5.74, 6) is 0. The van der Waals surface area contributed by atoms with E-state index < -0.39 is 0 Å². The summed E-state index contributed by atoms with van der Waals surface area (Å²) in [6.07, 6.45) is 4.26. The van der Waals surface area contributed by atoms with Crippen molar-refractivity contribution < 1.29 is 0 Å². The molecule has 0 aliphatic heterocycles. The van der Waals surface area contributed by atoms with Crippen LogP contribution in [0.1, 0.15) is 11.4 Å². The maximum absolute atomic E-state index is 4.31. The molecule has 0 bridgehead atoms. The van der Waals surface area contributed by atoms with Crippen LogP contribution in [0, 0.1) is 2.88 Å². The van der Waals surface area contributed by atoms with Gasteiger partial charge in [0, 0.05) is 6.42 Å². The second kappa shape index (κ2) is 5.14. The monoisotopic (exact) mass is 296 g/mol. The maximum atomic E-state index is 4.31. The highest BCUT2D eigenvalue weighted by atomic mass is 127. The molecule has 0 saturated heterocycles. The van der Waals surface area contributed by atoms with Gasteiger partial charge in [-0.1, -0.05) is 0 Å². The first kappa shape index (κ1) is 10.4. The molecular formula is C8H13IN2S. The quantitative estimate of drug-likeness (QED) is 0.792. The van der Waals surface area contributed by atoms with E-state index in [1.807, 2.05) is 6.20 Å². The average Bonchev–Trinajstić information content (AvgIpc) is 2.35. The predicted molar refractivity (Wildman–Crippen MR) is 61.7 cm³/mol. The van der Waals surface area contributed by atoms with Gasteiger partial charge < -0.3 is 4.90 Å². The number of hydrogen-bond acceptors (Lipinski definition) is 3. The Labute approximate surface area is 91.1 Å². The van der Waals surface area contributed by atoms with Crippen LogP contribution < -0.4 is 0 Å². The van der Waals surface area contributed by atoms with Crippen molar-refractivity contribution in [3.05, 3.63) is 14.1 Å². The average molecular weight is 296 g/mol. The van der Waals surface area contributed by atoms with E-state index in [0.29, 0.717) is 0 Å². The highest BCUT2D eigenvalue weighted by Gasteiger charge is 1.99. The van der Waals surface area contributed by atoms with Gasteiger partial charge in [-0.05, 0) is 49.7 Å². The van der Waals surface area contributed by atoms with Crippen LogP contribution in [0.4, 0.5) is 0 Å². The zero-order valence-corrected chi connectivity index (χ0v) is 10.4. The summed E-state index contributed by atoms with van der Waals surface area (Å²) in [6, 6.07) is 0. The van der Waals surface area contributed by atoms with E-state index >= 15 is 0 Å². The van der Waals surface area contributed by atoms with Gasteiger partial charge in [-0.15, -0.1) is 11.3 Å². The number of aromatic nitrogens is 1. The first-order valence-corrected chi connectivity index (χ1v) is 5.83. The lowest BCUT2D eigenvalue weighted by Gasteiger charge is -2.06. The largest absolute Gasteiger partial charge is 0.309 e. The minimum atomic E-state index is 1.12. The summed E-state index contributed by atoms with van der Waals surface area (Å²) in [7, 11) is 4.21. The lowest BCUT2D eigenvalue weighted by atomic mass is 10.3. The summed E-state index contributed by atoms with van der Waals surface area (Å²) in [5, 5.41) is 1.27. The van der Waals surface area contributed by atoms with Crippen LogP contribution >= 0.6 is 33.9 Å². The maximum Gasteiger partial charge on any atom is 0.0936 e. The zero-order valence-electron chi connectivity index (χ0n) is 7.38. The van der Waals surface area contributed by atoms with Gasteiger partial charge in [0.2, 0.25) is 0 Å². The predicted octanol–water partition coefficient (Wildman–Crippen LogP) is 2.24. The van der Waals surface area contributed by atoms with Crippen molar-refractivity contribution in [2.24, 2.45) is 0 Å². The molecular weight excluding hydrogens is 283 g/mol. The van der Waals surface area contributed by atoms with E-state index in [2.05, 4.69) is 46.6 Å². The summed E-state index contributed by atoms with van der Waals surface area (Å²) >= 11 is 4.11. The zero-order chi connectivity index (χ0) is 8.97. The van der Waals surface area contributed by atoms with Gasteiger partial charge in [0.1, 0.15) is 0 Å². The molecule has 0 aliphatic rings. The molecule has 68 valence electrons. The van der Waals surface area contributed by atoms with Crippen molar-refractivity contribution in [3.63, 3.8) is 0 Å². The summed E-state index contributed by atoms with van der Waals surface area (Å²) < 4.78 is 1.28. The van der Waals surface area contributed by atoms with Crippen molar-refractivity contribution in [3.8, 4) is 0 Å². The topological polar surface area (TPSA) is 16.1 Å². The highest BCUT2D eigenvalue weighted by Crippen LogP contribution is 2.15. The lowest BCUT2D eigenvalue weighted by molar-refractivity contribution is 0.400. The van der Waals surface area contributed by atoms with E-state index in [9.17, 15) is 0 Å². The Morgan fingerprint density at radius 3 is 2.83 bits per heavy atom. The molecule has 0 spiro atoms. The lowest BCUT2D eigenvalue weighted by Crippen LogP contribution is -2.13. The van der Waals surface area contributed by atoms with Crippen LogP contribution in [0.3, 0.4) is 0 Å². The van der Waals surface area contributed by atoms with Crippen LogP contribution in [-0.2, 0) is 6.42 Å². The number of thiazole rings is 1. The summed E-state index contributed by atoms with van der Waals surface area (Å²) in [4.78, 5) is 6.51. The fourth-order valence-electron chi connectivity index (χ4n) is 0.950. The molecule has 0 saturated carbocycles. The second-order valence-electron chi connectivity index (χ2n) is 2.96. The van der Waals surface area contributed by atoms with E-state index in [1.54, 1.807) is 11.3 Å². The van der Waals surface area contributed by atoms with E-state index in [4.69, 9.17) is 0 Å². The third-order valence-electron chi connectivity index (χ3n) is 1.52. The van der Waals surface area contributed by atoms with E-state index in [-0.39, 0.29) is 0 Å². The molecule has 1 rings (SSSR count). The van der Waals surface area contributed by atoms with E-state index in [0.717, 1.165) is 13.0 Å². The van der Waals surface area contributed by atoms with Crippen molar-refractivity contribution >= 4 is 33.9 Å². The molecule has 0 amide bonds. The molecule has 1 aromatic heterocycles. The summed E-state index contributed by atoms with van der Waals surface area (Å²) in [6.45, 7) is 1.15. The summed E-state index contributed by atoms with van der Waals surface area (Å²) in [5.41, 5.74) is 0. The molecule has 0 atom stereocenters. The molecule has 0 fully saturated rings. The smallest absolute Gasteiger partial charge is 0.0936 e. The Hall–Kier alpha value is 0.320. The van der Waals surface area contributed by atoms with Crippen molar-refractivity contribution in [2.75, 3.05) is 20.6 Å². The Morgan fingerprint density at radius 1 is 1.58 bits per heavy atom. The van der Waals surface area contributed by atoms with Gasteiger partial charge in [-0.3, -0.25) is 0 Å². The fraction of sp³-hybridized carbons (Fsp3) is 0.625. The SMILES string of the molecule is CN(C)CCCc1ncc(I)s1. The van der Waals surface area contributed by atoms with Gasteiger partial charge >= 0.3 is 0 Å². The minimum Gasteiger partial charge on any atom is -0.309 e. The molecule has 0 aliphatic carbocycles. The van der Waals surface area contributed by atoms with Gasteiger partial charge in [-0.25, -0.2) is 4.98 Å². The number of rotatable bonds is 4. The molecule has 0 N–H and O–H groups in total. The molecule has 2 nitrogen and oxygen atoms in total. The number of halogens is 1. The molecule has 0 radical (unpaired) electrons. The molecule has 0 unspecified atom stereocenters. The van der Waals surface area contributed by atoms with Gasteiger partial charge in [0.25, 0.3) is 0 Å². The van der Waals surface area contributed by atoms with Crippen molar-refractivity contribution in [2.45, 2.75) is 12.8 Å². The Kier molecular flexibility index (Phi) is 4.45. The third-order valence-corrected chi connectivity index (χ3v) is 3.31. The Balaban J connectivity index is 2.24. The first-order chi connectivity index (χ1) is 5.68. The van der Waals surface area contributed by atoms with Crippen molar-refractivity contribution in [1.82, 2.24) is 9.88 Å². The Morgan fingerprint density at radius 2 is 2.33 bits per heavy atom. The molecule has 4 heteroatoms. The van der Waals surface area contributed by atoms with E-state index in [1.165, 1.54) is 14.3 Å². The van der Waals surface area contributed by atoms with Crippen LogP contribution in [0.2, 0.25) is 0 Å². The number of nitrogens with zero attached hydrogens (tertiary/aromatic N) is 2. The van der Waals surface area contributed by atoms with Crippen LogP contribution in [-0.4, -0.2) is 30.5 Å². The number of aryl methyl sites for hydroxylation is 1. The second-order valence-corrected chi connectivity index (χ2v) is 5.97. The van der Waals surface area contributed by atoms with Gasteiger partial charge in [-0.2, -0.15) is 0 Å². The molecule has 1 heterocycles. The Bertz CT molecular complexity index is 235. The van der Waals surface area contributed by atoms with Gasteiger partial charge in [0.05, 0.1) is 14.1 Å². The highest BCUT2D eigenvalue weighted by molar-refractivity contribution is 14.1. The molecule has 0 aromatic carbocycles. The van der Waals surface area contributed by atoms with Crippen LogP contribution in [0.25, 0.3) is 0 Å². The molecule has 1 aromatic rings. The standard InChI is InChI=1S/C8H13IN2S/c1-11(2)5-3-4-8-10-6-7(9)12-8/h6H,3-5H2,1-2H3. The van der Waals surface area contributed by atoms with Crippen LogP contribution in [0.5, 0.6) is 0 Å². The first-order valence-electron chi connectivity index (χ1n) is 3.93. The number of hydrogen-bond donors (Lipinski definition) is 0. The van der Waals surface area contributed by atoms with Gasteiger partial charge in [0.15, 0.2) is 0 Å². The third kappa shape index (κ3) is 3.82. The molecule has 12 heavy (non-hydrogen) atoms. The minimum absolute atomic E-state index is 1.12. The van der Waals surface area contributed by atoms with Crippen LogP contribution in [0.15, 0.2) is 6.20 Å². The normalized spacial score (nSPS) is 11.0.